The van der Waals surface area contributed by atoms with Gasteiger partial charge in [-0.3, -0.25) is 4.79 Å². The van der Waals surface area contributed by atoms with Gasteiger partial charge in [-0.1, -0.05) is 19.8 Å². The first-order valence-electron chi connectivity index (χ1n) is 7.09. The first-order chi connectivity index (χ1) is 9.04. The van der Waals surface area contributed by atoms with E-state index < -0.39 is 0 Å². The minimum absolute atomic E-state index is 0.0197. The lowest BCUT2D eigenvalue weighted by Gasteiger charge is -2.34. The van der Waals surface area contributed by atoms with E-state index in [9.17, 15) is 9.90 Å². The minimum atomic E-state index is -0.366. The zero-order valence-electron chi connectivity index (χ0n) is 12.0. The molecular formula is C15H23NO2S. The van der Waals surface area contributed by atoms with E-state index in [1.807, 2.05) is 13.1 Å². The Morgan fingerprint density at radius 3 is 2.74 bits per heavy atom. The third kappa shape index (κ3) is 3.00. The van der Waals surface area contributed by atoms with Crippen LogP contribution in [0, 0.1) is 6.92 Å². The topological polar surface area (TPSA) is 40.5 Å². The predicted octanol–water partition coefficient (Wildman–Crippen LogP) is 2.99. The fourth-order valence-electron chi connectivity index (χ4n) is 2.84. The molecule has 0 aromatic carbocycles. The van der Waals surface area contributed by atoms with Crippen LogP contribution in [-0.4, -0.2) is 35.1 Å². The maximum Gasteiger partial charge on any atom is 0.264 e. The normalized spacial score (nSPS) is 23.4. The van der Waals surface area contributed by atoms with Crippen molar-refractivity contribution in [3.63, 3.8) is 0 Å². The Kier molecular flexibility index (Phi) is 4.63. The van der Waals surface area contributed by atoms with E-state index in [0.717, 1.165) is 37.0 Å². The Morgan fingerprint density at radius 2 is 2.16 bits per heavy atom. The molecule has 1 aromatic heterocycles. The van der Waals surface area contributed by atoms with Crippen LogP contribution in [0.5, 0.6) is 0 Å². The summed E-state index contributed by atoms with van der Waals surface area (Å²) in [7, 11) is 1.82. The Morgan fingerprint density at radius 1 is 1.47 bits per heavy atom. The van der Waals surface area contributed by atoms with Crippen molar-refractivity contribution >= 4 is 17.2 Å². The number of likely N-dealkylation sites (N-methyl/N-ethyl adjacent to an activating group) is 1. The number of amides is 1. The van der Waals surface area contributed by atoms with E-state index in [1.54, 1.807) is 16.2 Å². The van der Waals surface area contributed by atoms with E-state index in [-0.39, 0.29) is 18.1 Å². The number of hydrogen-bond donors (Lipinski definition) is 1. The molecule has 2 unspecified atom stereocenters. The van der Waals surface area contributed by atoms with Crippen molar-refractivity contribution in [1.82, 2.24) is 4.90 Å². The quantitative estimate of drug-likeness (QED) is 0.925. The smallest absolute Gasteiger partial charge is 0.264 e. The van der Waals surface area contributed by atoms with Crippen LogP contribution >= 0.6 is 11.3 Å². The monoisotopic (exact) mass is 281 g/mol. The molecule has 19 heavy (non-hydrogen) atoms. The van der Waals surface area contributed by atoms with Crippen molar-refractivity contribution in [2.24, 2.45) is 0 Å². The van der Waals surface area contributed by atoms with Gasteiger partial charge in [0.05, 0.1) is 17.0 Å². The lowest BCUT2D eigenvalue weighted by Crippen LogP contribution is -2.46. The highest BCUT2D eigenvalue weighted by Gasteiger charge is 2.30. The molecule has 0 saturated heterocycles. The van der Waals surface area contributed by atoms with Crippen LogP contribution in [0.3, 0.4) is 0 Å². The number of hydrogen-bond acceptors (Lipinski definition) is 3. The second-order valence-electron chi connectivity index (χ2n) is 5.41. The maximum absolute atomic E-state index is 12.5. The summed E-state index contributed by atoms with van der Waals surface area (Å²) >= 11 is 1.59. The number of carbonyl (C=O) groups is 1. The van der Waals surface area contributed by atoms with Crippen LogP contribution < -0.4 is 0 Å². The van der Waals surface area contributed by atoms with Gasteiger partial charge >= 0.3 is 0 Å². The Hall–Kier alpha value is -0.870. The van der Waals surface area contributed by atoms with E-state index in [2.05, 4.69) is 13.8 Å². The van der Waals surface area contributed by atoms with Gasteiger partial charge in [0.2, 0.25) is 0 Å². The van der Waals surface area contributed by atoms with Gasteiger partial charge in [-0.2, -0.15) is 0 Å². The zero-order valence-corrected chi connectivity index (χ0v) is 12.8. The van der Waals surface area contributed by atoms with Crippen LogP contribution in [0.2, 0.25) is 0 Å². The molecular weight excluding hydrogens is 258 g/mol. The third-order valence-corrected chi connectivity index (χ3v) is 5.43. The summed E-state index contributed by atoms with van der Waals surface area (Å²) in [5.74, 6) is 0.0544. The second-order valence-corrected chi connectivity index (χ2v) is 6.54. The molecule has 1 amide bonds. The number of aryl methyl sites for hydroxylation is 2. The summed E-state index contributed by atoms with van der Waals surface area (Å²) in [5.41, 5.74) is 1.20. The molecule has 3 nitrogen and oxygen atoms in total. The van der Waals surface area contributed by atoms with Gasteiger partial charge in [0.15, 0.2) is 0 Å². The van der Waals surface area contributed by atoms with Gasteiger partial charge in [0, 0.05) is 11.9 Å². The van der Waals surface area contributed by atoms with Crippen molar-refractivity contribution in [2.75, 3.05) is 7.05 Å². The SMILES string of the molecule is CCc1sc(C(=O)N(C)C2CCCCC2O)cc1C. The molecule has 0 radical (unpaired) electrons. The predicted molar refractivity (Wildman–Crippen MR) is 78.8 cm³/mol. The molecule has 1 aliphatic carbocycles. The van der Waals surface area contributed by atoms with Crippen LogP contribution in [-0.2, 0) is 6.42 Å². The minimum Gasteiger partial charge on any atom is -0.391 e. The number of thiophene rings is 1. The Balaban J connectivity index is 2.13. The van der Waals surface area contributed by atoms with Gasteiger partial charge in [-0.25, -0.2) is 0 Å². The highest BCUT2D eigenvalue weighted by atomic mass is 32.1. The lowest BCUT2D eigenvalue weighted by molar-refractivity contribution is 0.0271. The molecule has 4 heteroatoms. The Bertz CT molecular complexity index is 455. The molecule has 0 spiro atoms. The fourth-order valence-corrected chi connectivity index (χ4v) is 3.94. The van der Waals surface area contributed by atoms with E-state index in [1.165, 1.54) is 10.4 Å². The molecule has 1 fully saturated rings. The van der Waals surface area contributed by atoms with Crippen LogP contribution in [0.1, 0.15) is 52.7 Å². The van der Waals surface area contributed by atoms with Crippen molar-refractivity contribution in [3.8, 4) is 0 Å². The van der Waals surface area contributed by atoms with Gasteiger partial charge in [-0.05, 0) is 37.8 Å². The molecule has 2 rings (SSSR count). The van der Waals surface area contributed by atoms with Gasteiger partial charge < -0.3 is 10.0 Å². The summed E-state index contributed by atoms with van der Waals surface area (Å²) in [6.07, 6.45) is 4.50. The van der Waals surface area contributed by atoms with Gasteiger partial charge in [-0.15, -0.1) is 11.3 Å². The number of carbonyl (C=O) groups excluding carboxylic acids is 1. The first kappa shape index (κ1) is 14.5. The van der Waals surface area contributed by atoms with Crippen LogP contribution in [0.25, 0.3) is 0 Å². The molecule has 106 valence electrons. The standard InChI is InChI=1S/C15H23NO2S/c1-4-13-10(2)9-14(19-13)15(18)16(3)11-7-5-6-8-12(11)17/h9,11-12,17H,4-8H2,1-3H3. The average Bonchev–Trinajstić information content (AvgIpc) is 2.79. The summed E-state index contributed by atoms with van der Waals surface area (Å²) in [5, 5.41) is 10.1. The van der Waals surface area contributed by atoms with Crippen molar-refractivity contribution < 1.29 is 9.90 Å². The largest absolute Gasteiger partial charge is 0.391 e. The highest BCUT2D eigenvalue weighted by Crippen LogP contribution is 2.27. The number of aliphatic hydroxyl groups is 1. The number of aliphatic hydroxyl groups excluding tert-OH is 1. The second kappa shape index (κ2) is 6.06. The van der Waals surface area contributed by atoms with Crippen molar-refractivity contribution in [1.29, 1.82) is 0 Å². The van der Waals surface area contributed by atoms with E-state index >= 15 is 0 Å². The summed E-state index contributed by atoms with van der Waals surface area (Å²) in [6.45, 7) is 4.17. The van der Waals surface area contributed by atoms with Crippen LogP contribution in [0.4, 0.5) is 0 Å². The zero-order chi connectivity index (χ0) is 14.0. The third-order valence-electron chi connectivity index (χ3n) is 4.06. The molecule has 1 saturated carbocycles. The molecule has 2 atom stereocenters. The molecule has 1 aliphatic rings. The highest BCUT2D eigenvalue weighted by molar-refractivity contribution is 7.14. The Labute approximate surface area is 119 Å². The van der Waals surface area contributed by atoms with Crippen LogP contribution in [0.15, 0.2) is 6.07 Å². The first-order valence-corrected chi connectivity index (χ1v) is 7.90. The fraction of sp³-hybridized carbons (Fsp3) is 0.667. The molecule has 1 aromatic rings. The molecule has 0 bridgehead atoms. The molecule has 0 aliphatic heterocycles. The summed E-state index contributed by atoms with van der Waals surface area (Å²) < 4.78 is 0. The summed E-state index contributed by atoms with van der Waals surface area (Å²) in [6, 6.07) is 1.96. The number of rotatable bonds is 3. The van der Waals surface area contributed by atoms with Gasteiger partial charge in [0.1, 0.15) is 0 Å². The lowest BCUT2D eigenvalue weighted by atomic mass is 9.91. The van der Waals surface area contributed by atoms with Gasteiger partial charge in [0.25, 0.3) is 5.91 Å². The number of nitrogens with zero attached hydrogens (tertiary/aromatic N) is 1. The maximum atomic E-state index is 12.5. The summed E-state index contributed by atoms with van der Waals surface area (Å²) in [4.78, 5) is 16.3. The molecule has 1 N–H and O–H groups in total. The van der Waals surface area contributed by atoms with Crippen molar-refractivity contribution in [2.45, 2.75) is 58.1 Å². The van der Waals surface area contributed by atoms with Crippen molar-refractivity contribution in [3.05, 3.63) is 21.4 Å². The molecule has 1 heterocycles. The van der Waals surface area contributed by atoms with E-state index in [4.69, 9.17) is 0 Å². The average molecular weight is 281 g/mol. The van der Waals surface area contributed by atoms with E-state index in [0.29, 0.717) is 0 Å².